The topological polar surface area (TPSA) is 39.5 Å². The fourth-order valence-electron chi connectivity index (χ4n) is 2.92. The summed E-state index contributed by atoms with van der Waals surface area (Å²) in [7, 11) is 0. The zero-order valence-electron chi connectivity index (χ0n) is 12.3. The highest BCUT2D eigenvalue weighted by atomic mass is 16.5. The molecule has 0 atom stereocenters. The normalized spacial score (nSPS) is 15.2. The Balaban J connectivity index is 1.89. The van der Waals surface area contributed by atoms with Crippen LogP contribution in [0.3, 0.4) is 0 Å². The van der Waals surface area contributed by atoms with Crippen molar-refractivity contribution in [2.24, 2.45) is 0 Å². The Bertz CT molecular complexity index is 783. The standard InChI is InChI=1S/C18H17N3O/c1-2-6-16-15(5-1)18(21-8-10-22-11-9-21)12-17(20-16)14-4-3-7-19-13-14/h1-7,12-13H,8-11H2/p+1. The number of ether oxygens (including phenoxy) is 1. The number of rotatable bonds is 2. The zero-order valence-corrected chi connectivity index (χ0v) is 12.3. The van der Waals surface area contributed by atoms with E-state index in [1.54, 1.807) is 0 Å². The van der Waals surface area contributed by atoms with Crippen LogP contribution in [0.5, 0.6) is 0 Å². The second-order valence-electron chi connectivity index (χ2n) is 5.44. The van der Waals surface area contributed by atoms with E-state index in [2.05, 4.69) is 40.2 Å². The molecule has 4 heteroatoms. The lowest BCUT2D eigenvalue weighted by Crippen LogP contribution is -2.36. The summed E-state index contributed by atoms with van der Waals surface area (Å²) in [6.07, 6.45) is 3.90. The number of H-pyrrole nitrogens is 1. The van der Waals surface area contributed by atoms with Gasteiger partial charge in [0.25, 0.3) is 0 Å². The third-order valence-electron chi connectivity index (χ3n) is 4.05. The number of fused-ring (bicyclic) bond motifs is 1. The van der Waals surface area contributed by atoms with Crippen molar-refractivity contribution < 1.29 is 9.72 Å². The van der Waals surface area contributed by atoms with Crippen molar-refractivity contribution in [3.8, 4) is 11.3 Å². The number of aromatic nitrogens is 2. The third kappa shape index (κ3) is 2.42. The molecule has 0 unspecified atom stereocenters. The number of anilines is 1. The molecule has 110 valence electrons. The second kappa shape index (κ2) is 5.73. The van der Waals surface area contributed by atoms with Crippen LogP contribution in [-0.4, -0.2) is 31.3 Å². The van der Waals surface area contributed by atoms with E-state index in [9.17, 15) is 0 Å². The van der Waals surface area contributed by atoms with Gasteiger partial charge in [-0.1, -0.05) is 18.2 Å². The van der Waals surface area contributed by atoms with E-state index in [1.807, 2.05) is 24.5 Å². The van der Waals surface area contributed by atoms with Crippen LogP contribution < -0.4 is 9.88 Å². The maximum atomic E-state index is 5.49. The van der Waals surface area contributed by atoms with Gasteiger partial charge in [0.1, 0.15) is 0 Å². The Morgan fingerprint density at radius 1 is 1.05 bits per heavy atom. The van der Waals surface area contributed by atoms with Gasteiger partial charge < -0.3 is 9.64 Å². The number of para-hydroxylation sites is 1. The van der Waals surface area contributed by atoms with Gasteiger partial charge in [0, 0.05) is 30.2 Å². The first kappa shape index (κ1) is 13.2. The monoisotopic (exact) mass is 292 g/mol. The van der Waals surface area contributed by atoms with Gasteiger partial charge in [-0.25, -0.2) is 9.97 Å². The molecule has 0 amide bonds. The van der Waals surface area contributed by atoms with Crippen molar-refractivity contribution in [1.29, 1.82) is 0 Å². The minimum Gasteiger partial charge on any atom is -0.378 e. The molecule has 3 aromatic rings. The maximum absolute atomic E-state index is 5.49. The van der Waals surface area contributed by atoms with Crippen LogP contribution in [0.2, 0.25) is 0 Å². The molecule has 0 radical (unpaired) electrons. The molecule has 1 saturated heterocycles. The van der Waals surface area contributed by atoms with E-state index in [4.69, 9.17) is 9.72 Å². The minimum absolute atomic E-state index is 0.783. The van der Waals surface area contributed by atoms with Crippen molar-refractivity contribution in [2.45, 2.75) is 0 Å². The summed E-state index contributed by atoms with van der Waals surface area (Å²) in [5, 5.41) is 1.20. The molecule has 4 nitrogen and oxygen atoms in total. The Kier molecular flexibility index (Phi) is 3.45. The lowest BCUT2D eigenvalue weighted by Gasteiger charge is -2.30. The lowest BCUT2D eigenvalue weighted by molar-refractivity contribution is -0.377. The smallest absolute Gasteiger partial charge is 0.176 e. The Hall–Kier alpha value is -2.46. The van der Waals surface area contributed by atoms with Crippen LogP contribution in [0, 0.1) is 0 Å². The summed E-state index contributed by atoms with van der Waals surface area (Å²) in [6, 6.07) is 14.6. The van der Waals surface area contributed by atoms with E-state index < -0.39 is 0 Å². The number of nitrogens with one attached hydrogen (secondary N) is 1. The van der Waals surface area contributed by atoms with E-state index in [0.717, 1.165) is 43.1 Å². The van der Waals surface area contributed by atoms with Crippen molar-refractivity contribution in [2.75, 3.05) is 31.2 Å². The van der Waals surface area contributed by atoms with Crippen LogP contribution in [-0.2, 0) is 4.74 Å². The number of aromatic amines is 1. The van der Waals surface area contributed by atoms with Gasteiger partial charge in [-0.05, 0) is 18.2 Å². The largest absolute Gasteiger partial charge is 0.378 e. The zero-order chi connectivity index (χ0) is 14.8. The molecule has 3 heterocycles. The first-order valence-corrected chi connectivity index (χ1v) is 7.61. The van der Waals surface area contributed by atoms with E-state index in [0.29, 0.717) is 0 Å². The van der Waals surface area contributed by atoms with Crippen LogP contribution in [0.4, 0.5) is 5.69 Å². The first-order chi connectivity index (χ1) is 10.9. The van der Waals surface area contributed by atoms with Crippen molar-refractivity contribution >= 4 is 16.6 Å². The second-order valence-corrected chi connectivity index (χ2v) is 5.44. The number of pyridine rings is 2. The molecule has 0 spiro atoms. The highest BCUT2D eigenvalue weighted by Gasteiger charge is 2.16. The van der Waals surface area contributed by atoms with Crippen LogP contribution in [0.15, 0.2) is 54.9 Å². The maximum Gasteiger partial charge on any atom is 0.176 e. The van der Waals surface area contributed by atoms with E-state index >= 15 is 0 Å². The van der Waals surface area contributed by atoms with Gasteiger partial charge in [0.15, 0.2) is 12.4 Å². The van der Waals surface area contributed by atoms with Crippen molar-refractivity contribution in [1.82, 2.24) is 4.98 Å². The summed E-state index contributed by atoms with van der Waals surface area (Å²) in [4.78, 5) is 10.3. The average molecular weight is 292 g/mol. The third-order valence-corrected chi connectivity index (χ3v) is 4.05. The van der Waals surface area contributed by atoms with Gasteiger partial charge in [-0.2, -0.15) is 0 Å². The summed E-state index contributed by atoms with van der Waals surface area (Å²) in [6.45, 7) is 3.42. The average Bonchev–Trinajstić information content (AvgIpc) is 2.62. The number of hydrogen-bond acceptors (Lipinski definition) is 3. The van der Waals surface area contributed by atoms with Crippen LogP contribution in [0.1, 0.15) is 0 Å². The molecule has 22 heavy (non-hydrogen) atoms. The molecular weight excluding hydrogens is 274 g/mol. The van der Waals surface area contributed by atoms with Gasteiger partial charge in [-0.3, -0.25) is 0 Å². The number of hydrogen-bond donors (Lipinski definition) is 0. The molecule has 4 rings (SSSR count). The summed E-state index contributed by atoms with van der Waals surface area (Å²) < 4.78 is 5.49. The molecular formula is C18H18N3O+. The number of benzene rings is 1. The lowest BCUT2D eigenvalue weighted by atomic mass is 10.1. The molecule has 0 bridgehead atoms. The molecule has 0 aliphatic carbocycles. The molecule has 1 aromatic carbocycles. The van der Waals surface area contributed by atoms with Crippen molar-refractivity contribution in [3.63, 3.8) is 0 Å². The quantitative estimate of drug-likeness (QED) is 0.728. The van der Waals surface area contributed by atoms with Crippen molar-refractivity contribution in [3.05, 3.63) is 54.9 Å². The summed E-state index contributed by atoms with van der Waals surface area (Å²) in [5.41, 5.74) is 4.37. The molecule has 1 N–H and O–H groups in total. The Labute approximate surface area is 129 Å². The van der Waals surface area contributed by atoms with Gasteiger partial charge in [0.05, 0.1) is 30.0 Å². The van der Waals surface area contributed by atoms with Crippen LogP contribution in [0.25, 0.3) is 22.2 Å². The van der Waals surface area contributed by atoms with Gasteiger partial charge >= 0.3 is 0 Å². The summed E-state index contributed by atoms with van der Waals surface area (Å²) in [5.74, 6) is 0. The van der Waals surface area contributed by atoms with Crippen LogP contribution >= 0.6 is 0 Å². The predicted molar refractivity (Wildman–Crippen MR) is 86.8 cm³/mol. The molecule has 1 fully saturated rings. The molecule has 0 saturated carbocycles. The van der Waals surface area contributed by atoms with Gasteiger partial charge in [-0.15, -0.1) is 0 Å². The predicted octanol–water partition coefficient (Wildman–Crippen LogP) is 2.55. The minimum atomic E-state index is 0.783. The molecule has 2 aromatic heterocycles. The highest BCUT2D eigenvalue weighted by Crippen LogP contribution is 2.30. The van der Waals surface area contributed by atoms with Gasteiger partial charge in [0.2, 0.25) is 0 Å². The molecule has 1 aliphatic heterocycles. The Morgan fingerprint density at radius 3 is 2.73 bits per heavy atom. The SMILES string of the molecule is c1c[nH+]cc(-c2cc(N3CCOCC3)c3ccccc3n2)c1. The van der Waals surface area contributed by atoms with E-state index in [-0.39, 0.29) is 0 Å². The first-order valence-electron chi connectivity index (χ1n) is 7.61. The highest BCUT2D eigenvalue weighted by molar-refractivity contribution is 5.94. The van der Waals surface area contributed by atoms with E-state index in [1.165, 1.54) is 11.1 Å². The summed E-state index contributed by atoms with van der Waals surface area (Å²) >= 11 is 0. The number of morpholine rings is 1. The number of nitrogens with zero attached hydrogens (tertiary/aromatic N) is 2. The fourth-order valence-corrected chi connectivity index (χ4v) is 2.92. The fraction of sp³-hybridized carbons (Fsp3) is 0.222. The Morgan fingerprint density at radius 2 is 1.91 bits per heavy atom. The molecule has 1 aliphatic rings.